The summed E-state index contributed by atoms with van der Waals surface area (Å²) in [5.74, 6) is -1.36. The van der Waals surface area contributed by atoms with Gasteiger partial charge in [-0.2, -0.15) is 0 Å². The molecule has 0 unspecified atom stereocenters. The summed E-state index contributed by atoms with van der Waals surface area (Å²) >= 11 is 0. The number of nitrogens with zero attached hydrogens (tertiary/aromatic N) is 1. The van der Waals surface area contributed by atoms with Crippen molar-refractivity contribution in [1.82, 2.24) is 4.90 Å². The molecule has 8 heteroatoms. The van der Waals surface area contributed by atoms with Crippen LogP contribution in [0.1, 0.15) is 34.1 Å². The van der Waals surface area contributed by atoms with Crippen molar-refractivity contribution in [3.05, 3.63) is 0 Å². The van der Waals surface area contributed by atoms with Crippen LogP contribution in [0.15, 0.2) is 0 Å². The molecule has 0 spiro atoms. The Morgan fingerprint density at radius 2 is 1.56 bits per heavy atom. The van der Waals surface area contributed by atoms with Gasteiger partial charge in [-0.1, -0.05) is 0 Å². The van der Waals surface area contributed by atoms with E-state index in [1.165, 1.54) is 0 Å². The predicted molar refractivity (Wildman–Crippen MR) is 95.2 cm³/mol. The number of ether oxygens (including phenoxy) is 7. The molecule has 8 nitrogen and oxygen atoms in total. The molecule has 156 valence electrons. The molecule has 5 atom stereocenters. The second-order valence-corrected chi connectivity index (χ2v) is 8.59. The molecule has 0 amide bonds. The highest BCUT2D eigenvalue weighted by Crippen LogP contribution is 2.44. The summed E-state index contributed by atoms with van der Waals surface area (Å²) in [5.41, 5.74) is 0. The van der Waals surface area contributed by atoms with Gasteiger partial charge in [0.25, 0.3) is 0 Å². The fraction of sp³-hybridized carbons (Fsp3) is 1.00. The quantitative estimate of drug-likeness (QED) is 0.628. The Morgan fingerprint density at radius 3 is 2.33 bits per heavy atom. The highest BCUT2D eigenvalue weighted by molar-refractivity contribution is 5.00. The minimum atomic E-state index is -0.691. The molecule has 4 aliphatic heterocycles. The summed E-state index contributed by atoms with van der Waals surface area (Å²) in [4.78, 5) is 2.41. The van der Waals surface area contributed by atoms with Crippen LogP contribution in [0.25, 0.3) is 0 Å². The number of fused-ring (bicyclic) bond motifs is 3. The zero-order chi connectivity index (χ0) is 19.1. The van der Waals surface area contributed by atoms with E-state index >= 15 is 0 Å². The summed E-state index contributed by atoms with van der Waals surface area (Å²) in [5, 5.41) is 0. The molecule has 4 saturated heterocycles. The zero-order valence-electron chi connectivity index (χ0n) is 16.8. The summed E-state index contributed by atoms with van der Waals surface area (Å²) in [7, 11) is 0. The number of hydrogen-bond donors (Lipinski definition) is 0. The van der Waals surface area contributed by atoms with Crippen LogP contribution in [-0.4, -0.2) is 93.2 Å². The van der Waals surface area contributed by atoms with E-state index < -0.39 is 17.9 Å². The Kier molecular flexibility index (Phi) is 5.80. The van der Waals surface area contributed by atoms with Gasteiger partial charge in [-0.3, -0.25) is 4.90 Å². The summed E-state index contributed by atoms with van der Waals surface area (Å²) in [6.07, 6.45) is -0.438. The second kappa shape index (κ2) is 7.84. The van der Waals surface area contributed by atoms with E-state index in [4.69, 9.17) is 33.2 Å². The molecule has 4 heterocycles. The molecular formula is C19H33NO7. The van der Waals surface area contributed by atoms with Crippen molar-refractivity contribution in [3.63, 3.8) is 0 Å². The first-order chi connectivity index (χ1) is 12.8. The predicted octanol–water partition coefficient (Wildman–Crippen LogP) is 1.12. The summed E-state index contributed by atoms with van der Waals surface area (Å²) < 4.78 is 41.6. The maximum atomic E-state index is 6.15. The monoisotopic (exact) mass is 387 g/mol. The molecule has 4 fully saturated rings. The van der Waals surface area contributed by atoms with E-state index in [1.807, 2.05) is 27.7 Å². The lowest BCUT2D eigenvalue weighted by atomic mass is 9.99. The van der Waals surface area contributed by atoms with Gasteiger partial charge >= 0.3 is 0 Å². The van der Waals surface area contributed by atoms with Crippen LogP contribution in [0.2, 0.25) is 0 Å². The topological polar surface area (TPSA) is 67.9 Å². The molecule has 0 aromatic carbocycles. The normalized spacial score (nSPS) is 40.7. The third kappa shape index (κ3) is 4.64. The third-order valence-corrected chi connectivity index (χ3v) is 5.40. The third-order valence-electron chi connectivity index (χ3n) is 5.40. The largest absolute Gasteiger partial charge is 0.379 e. The van der Waals surface area contributed by atoms with Gasteiger partial charge in [0.1, 0.15) is 24.4 Å². The standard InChI is InChI=1S/C19H33NO7/c1-18(2)24-14-13(12-22-9-5-6-20-7-10-21-11-8-20)23-17-16(15(14)25-18)26-19(3,4)27-17/h13-17H,5-12H2,1-4H3/t13-,14+,15+,16-,17-/m1/s1. The van der Waals surface area contributed by atoms with Crippen LogP contribution in [0.4, 0.5) is 0 Å². The van der Waals surface area contributed by atoms with E-state index in [0.29, 0.717) is 13.2 Å². The van der Waals surface area contributed by atoms with Gasteiger partial charge in [-0.05, 0) is 34.1 Å². The molecule has 4 rings (SSSR count). The van der Waals surface area contributed by atoms with Crippen molar-refractivity contribution in [2.24, 2.45) is 0 Å². The molecule has 0 bridgehead atoms. The fourth-order valence-corrected chi connectivity index (χ4v) is 4.24. The minimum absolute atomic E-state index is 0.220. The van der Waals surface area contributed by atoms with Crippen molar-refractivity contribution in [2.75, 3.05) is 46.1 Å². The van der Waals surface area contributed by atoms with Gasteiger partial charge in [-0.15, -0.1) is 0 Å². The Morgan fingerprint density at radius 1 is 0.889 bits per heavy atom. The maximum absolute atomic E-state index is 6.15. The van der Waals surface area contributed by atoms with Gasteiger partial charge in [0.15, 0.2) is 17.9 Å². The second-order valence-electron chi connectivity index (χ2n) is 8.59. The van der Waals surface area contributed by atoms with Crippen LogP contribution < -0.4 is 0 Å². The first kappa shape index (κ1) is 20.0. The molecule has 0 aromatic heterocycles. The van der Waals surface area contributed by atoms with Crippen molar-refractivity contribution >= 4 is 0 Å². The average Bonchev–Trinajstić information content (AvgIpc) is 3.09. The van der Waals surface area contributed by atoms with E-state index in [2.05, 4.69) is 4.90 Å². The molecule has 0 N–H and O–H groups in total. The molecule has 27 heavy (non-hydrogen) atoms. The van der Waals surface area contributed by atoms with Gasteiger partial charge in [0, 0.05) is 26.2 Å². The van der Waals surface area contributed by atoms with Crippen LogP contribution in [0.3, 0.4) is 0 Å². The van der Waals surface area contributed by atoms with Gasteiger partial charge < -0.3 is 33.2 Å². The van der Waals surface area contributed by atoms with Crippen molar-refractivity contribution in [3.8, 4) is 0 Å². The Hall–Kier alpha value is -0.320. The Balaban J connectivity index is 1.28. The van der Waals surface area contributed by atoms with Crippen LogP contribution in [-0.2, 0) is 33.2 Å². The summed E-state index contributed by atoms with van der Waals surface area (Å²) in [6.45, 7) is 13.5. The smallest absolute Gasteiger partial charge is 0.190 e. The zero-order valence-corrected chi connectivity index (χ0v) is 16.8. The number of rotatable bonds is 6. The highest BCUT2D eigenvalue weighted by Gasteiger charge is 2.60. The molecule has 4 aliphatic rings. The van der Waals surface area contributed by atoms with E-state index in [0.717, 1.165) is 39.3 Å². The lowest BCUT2D eigenvalue weighted by molar-refractivity contribution is -0.243. The van der Waals surface area contributed by atoms with E-state index in [-0.39, 0.29) is 24.4 Å². The molecule has 0 radical (unpaired) electrons. The number of hydrogen-bond acceptors (Lipinski definition) is 8. The first-order valence-electron chi connectivity index (χ1n) is 10.1. The number of morpholine rings is 1. The first-order valence-corrected chi connectivity index (χ1v) is 10.1. The molecule has 0 aromatic rings. The highest BCUT2D eigenvalue weighted by atomic mass is 16.9. The minimum Gasteiger partial charge on any atom is -0.379 e. The van der Waals surface area contributed by atoms with Crippen molar-refractivity contribution < 1.29 is 33.2 Å². The lowest BCUT2D eigenvalue weighted by Gasteiger charge is -2.37. The SMILES string of the molecule is CC1(C)O[C@H]2[C@@H](O1)[C@@H](COCCCN1CCOCC1)O[C@@H]1OC(C)(C)O[C@@H]12. The average molecular weight is 387 g/mol. The van der Waals surface area contributed by atoms with E-state index in [9.17, 15) is 0 Å². The van der Waals surface area contributed by atoms with Crippen molar-refractivity contribution in [2.45, 2.75) is 76.4 Å². The fourth-order valence-electron chi connectivity index (χ4n) is 4.24. The molecular weight excluding hydrogens is 354 g/mol. The van der Waals surface area contributed by atoms with Gasteiger partial charge in [0.05, 0.1) is 19.8 Å². The van der Waals surface area contributed by atoms with Gasteiger partial charge in [0.2, 0.25) is 0 Å². The van der Waals surface area contributed by atoms with Crippen LogP contribution in [0.5, 0.6) is 0 Å². The molecule has 0 aliphatic carbocycles. The van der Waals surface area contributed by atoms with Crippen LogP contribution in [0, 0.1) is 0 Å². The van der Waals surface area contributed by atoms with E-state index in [1.54, 1.807) is 0 Å². The Labute approximate surface area is 161 Å². The lowest BCUT2D eigenvalue weighted by Crippen LogP contribution is -2.56. The van der Waals surface area contributed by atoms with Crippen LogP contribution >= 0.6 is 0 Å². The van der Waals surface area contributed by atoms with Gasteiger partial charge in [-0.25, -0.2) is 0 Å². The Bertz CT molecular complexity index is 508. The molecule has 0 saturated carbocycles. The van der Waals surface area contributed by atoms with Crippen molar-refractivity contribution in [1.29, 1.82) is 0 Å². The summed E-state index contributed by atoms with van der Waals surface area (Å²) in [6, 6.07) is 0. The maximum Gasteiger partial charge on any atom is 0.190 e.